The van der Waals surface area contributed by atoms with Gasteiger partial charge in [-0.3, -0.25) is 9.39 Å². The minimum absolute atomic E-state index is 0.239. The van der Waals surface area contributed by atoms with E-state index in [1.807, 2.05) is 53.6 Å². The summed E-state index contributed by atoms with van der Waals surface area (Å²) < 4.78 is 38.0. The molecule has 0 unspecified atom stereocenters. The van der Waals surface area contributed by atoms with Gasteiger partial charge in [0.2, 0.25) is 12.4 Å². The third-order valence-corrected chi connectivity index (χ3v) is 5.17. The lowest BCUT2D eigenvalue weighted by Crippen LogP contribution is -2.42. The SMILES string of the molecule is O=S(=O)(O)CCC[n+]1ccc(Cc2cc[n+](OCCCSOOO)cc2)cc1. The van der Waals surface area contributed by atoms with Gasteiger partial charge in [0.15, 0.2) is 19.0 Å². The lowest BCUT2D eigenvalue weighted by Gasteiger charge is -2.02. The summed E-state index contributed by atoms with van der Waals surface area (Å²) in [6.45, 7) is 1.03. The minimum atomic E-state index is -3.90. The quantitative estimate of drug-likeness (QED) is 0.121. The highest BCUT2D eigenvalue weighted by molar-refractivity contribution is 7.94. The van der Waals surface area contributed by atoms with Crippen molar-refractivity contribution in [1.29, 1.82) is 0 Å². The van der Waals surface area contributed by atoms with E-state index in [2.05, 4.69) is 9.37 Å². The van der Waals surface area contributed by atoms with Crippen LogP contribution in [0.5, 0.6) is 0 Å². The van der Waals surface area contributed by atoms with Crippen molar-refractivity contribution in [2.24, 2.45) is 0 Å². The van der Waals surface area contributed by atoms with Crippen LogP contribution >= 0.6 is 12.0 Å². The van der Waals surface area contributed by atoms with Gasteiger partial charge in [0, 0.05) is 53.2 Å². The summed E-state index contributed by atoms with van der Waals surface area (Å²) in [6.07, 6.45) is 9.34. The molecule has 11 heteroatoms. The Bertz CT molecular complexity index is 799. The molecule has 0 aliphatic rings. The Balaban J connectivity index is 1.74. The molecule has 0 aliphatic carbocycles. The molecule has 0 aliphatic heterocycles. The third kappa shape index (κ3) is 9.44. The molecule has 2 aromatic rings. The van der Waals surface area contributed by atoms with Gasteiger partial charge >= 0.3 is 0 Å². The molecule has 154 valence electrons. The summed E-state index contributed by atoms with van der Waals surface area (Å²) >= 11 is 0.997. The molecule has 0 amide bonds. The maximum absolute atomic E-state index is 10.7. The molecule has 2 rings (SSSR count). The molecule has 2 aromatic heterocycles. The second kappa shape index (κ2) is 11.9. The highest BCUT2D eigenvalue weighted by Gasteiger charge is 2.08. The van der Waals surface area contributed by atoms with Gasteiger partial charge in [-0.2, -0.15) is 8.42 Å². The first-order valence-electron chi connectivity index (χ1n) is 8.62. The number of aromatic nitrogens is 2. The number of nitrogens with zero attached hydrogens (tertiary/aromatic N) is 2. The fraction of sp³-hybridized carbons (Fsp3) is 0.412. The number of hydrogen-bond donors (Lipinski definition) is 2. The van der Waals surface area contributed by atoms with Gasteiger partial charge in [-0.05, 0) is 24.0 Å². The van der Waals surface area contributed by atoms with E-state index >= 15 is 0 Å². The first-order valence-corrected chi connectivity index (χ1v) is 11.1. The van der Waals surface area contributed by atoms with Gasteiger partial charge in [-0.15, -0.1) is 4.33 Å². The molecular weight excluding hydrogens is 408 g/mol. The molecule has 2 N–H and O–H groups in total. The summed E-state index contributed by atoms with van der Waals surface area (Å²) in [7, 11) is -3.90. The first-order chi connectivity index (χ1) is 13.5. The predicted molar refractivity (Wildman–Crippen MR) is 100 cm³/mol. The first kappa shape index (κ1) is 22.5. The Morgan fingerprint density at radius 2 is 1.64 bits per heavy atom. The topological polar surface area (TPSA) is 110 Å². The highest BCUT2D eigenvalue weighted by Crippen LogP contribution is 2.06. The van der Waals surface area contributed by atoms with E-state index < -0.39 is 10.1 Å². The van der Waals surface area contributed by atoms with Crippen molar-refractivity contribution in [3.63, 3.8) is 0 Å². The average molecular weight is 433 g/mol. The van der Waals surface area contributed by atoms with Gasteiger partial charge in [-0.25, -0.2) is 9.82 Å². The fourth-order valence-corrected chi connectivity index (χ4v) is 3.25. The van der Waals surface area contributed by atoms with Crippen molar-refractivity contribution in [3.8, 4) is 0 Å². The fourth-order valence-electron chi connectivity index (χ4n) is 2.41. The van der Waals surface area contributed by atoms with Crippen LogP contribution in [0.25, 0.3) is 0 Å². The van der Waals surface area contributed by atoms with E-state index in [0.29, 0.717) is 25.3 Å². The van der Waals surface area contributed by atoms with Gasteiger partial charge in [0.05, 0.1) is 5.75 Å². The van der Waals surface area contributed by atoms with E-state index in [4.69, 9.17) is 14.6 Å². The summed E-state index contributed by atoms with van der Waals surface area (Å²) in [5.41, 5.74) is 2.26. The van der Waals surface area contributed by atoms with Crippen molar-refractivity contribution in [2.75, 3.05) is 18.1 Å². The second-order valence-electron chi connectivity index (χ2n) is 5.98. The van der Waals surface area contributed by atoms with Gasteiger partial charge in [0.1, 0.15) is 6.54 Å². The van der Waals surface area contributed by atoms with Gasteiger partial charge in [-0.1, -0.05) is 5.04 Å². The second-order valence-corrected chi connectivity index (χ2v) is 8.33. The van der Waals surface area contributed by atoms with Crippen molar-refractivity contribution in [1.82, 2.24) is 0 Å². The zero-order chi connectivity index (χ0) is 20.2. The average Bonchev–Trinajstić information content (AvgIpc) is 2.66. The van der Waals surface area contributed by atoms with Crippen LogP contribution in [0.1, 0.15) is 24.0 Å². The van der Waals surface area contributed by atoms with Crippen molar-refractivity contribution < 1.29 is 41.7 Å². The Labute approximate surface area is 168 Å². The van der Waals surface area contributed by atoms with Crippen LogP contribution in [0.3, 0.4) is 0 Å². The number of rotatable bonds is 13. The van der Waals surface area contributed by atoms with E-state index in [1.54, 1.807) is 4.73 Å². The summed E-state index contributed by atoms with van der Waals surface area (Å²) in [5.74, 6) is 0.389. The highest BCUT2D eigenvalue weighted by atomic mass is 32.2. The Kier molecular flexibility index (Phi) is 9.61. The molecule has 0 atom stereocenters. The number of hydrogen-bond acceptors (Lipinski definition) is 7. The van der Waals surface area contributed by atoms with Crippen LogP contribution in [0.15, 0.2) is 49.1 Å². The van der Waals surface area contributed by atoms with Crippen LogP contribution in [-0.4, -0.2) is 36.3 Å². The molecule has 2 heterocycles. The van der Waals surface area contributed by atoms with Gasteiger partial charge in [0.25, 0.3) is 10.1 Å². The molecule has 0 spiro atoms. The summed E-state index contributed by atoms with van der Waals surface area (Å²) in [4.78, 5) is 5.55. The molecule has 9 nitrogen and oxygen atoms in total. The Hall–Kier alpha value is -1.76. The third-order valence-electron chi connectivity index (χ3n) is 3.75. The van der Waals surface area contributed by atoms with Crippen LogP contribution < -0.4 is 14.1 Å². The molecule has 0 saturated carbocycles. The maximum atomic E-state index is 10.7. The van der Waals surface area contributed by atoms with Crippen LogP contribution in [0.4, 0.5) is 0 Å². The smallest absolute Gasteiger partial charge is 0.265 e. The maximum Gasteiger partial charge on any atom is 0.265 e. The lowest BCUT2D eigenvalue weighted by atomic mass is 10.1. The van der Waals surface area contributed by atoms with Gasteiger partial charge < -0.3 is 0 Å². The normalized spacial score (nSPS) is 11.5. The molecule has 0 bridgehead atoms. The van der Waals surface area contributed by atoms with Crippen molar-refractivity contribution in [2.45, 2.75) is 25.8 Å². The molecule has 0 saturated heterocycles. The lowest BCUT2D eigenvalue weighted by molar-refractivity contribution is -0.891. The van der Waals surface area contributed by atoms with Crippen molar-refractivity contribution in [3.05, 3.63) is 60.2 Å². The molecular formula is C17H24N2O7S2+2. The van der Waals surface area contributed by atoms with Crippen molar-refractivity contribution >= 4 is 22.2 Å². The molecule has 28 heavy (non-hydrogen) atoms. The van der Waals surface area contributed by atoms with E-state index in [9.17, 15) is 8.42 Å². The number of aryl methyl sites for hydroxylation is 1. The zero-order valence-corrected chi connectivity index (χ0v) is 16.8. The van der Waals surface area contributed by atoms with Crippen LogP contribution in [0.2, 0.25) is 0 Å². The summed E-state index contributed by atoms with van der Waals surface area (Å²) in [5, 5.41) is 11.5. The van der Waals surface area contributed by atoms with Crippen LogP contribution in [-0.2, 0) is 32.5 Å². The predicted octanol–water partition coefficient (Wildman–Crippen LogP) is 1.02. The van der Waals surface area contributed by atoms with E-state index in [0.717, 1.165) is 36.0 Å². The molecule has 0 radical (unpaired) electrons. The van der Waals surface area contributed by atoms with Crippen LogP contribution in [0, 0.1) is 0 Å². The number of pyridine rings is 2. The van der Waals surface area contributed by atoms with E-state index in [1.165, 1.54) is 0 Å². The summed E-state index contributed by atoms with van der Waals surface area (Å²) in [6, 6.07) is 7.93. The Morgan fingerprint density at radius 3 is 2.25 bits per heavy atom. The largest absolute Gasteiger partial charge is 0.286 e. The zero-order valence-electron chi connectivity index (χ0n) is 15.2. The molecule has 0 aromatic carbocycles. The molecule has 0 fully saturated rings. The van der Waals surface area contributed by atoms with E-state index in [-0.39, 0.29) is 5.75 Å². The monoisotopic (exact) mass is 432 g/mol. The standard InChI is InChI=1S/C17H22N2O7S2/c20-25-26-27-13-2-12-24-19-10-5-17(6-11-19)15-16-3-8-18(9-4-16)7-1-14-28(21,22)23/h3-6,8-11H,1-2,7,12-15H2/p+2. The minimum Gasteiger partial charge on any atom is -0.286 e. The Morgan fingerprint density at radius 1 is 1.00 bits per heavy atom.